The average Bonchev–Trinajstić information content (AvgIpc) is 2.26. The fourth-order valence-corrected chi connectivity index (χ4v) is 1.31. The van der Waals surface area contributed by atoms with Gasteiger partial charge in [-0.2, -0.15) is 0 Å². The Balaban J connectivity index is 2.59. The first-order valence-corrected chi connectivity index (χ1v) is 4.62. The van der Waals surface area contributed by atoms with Gasteiger partial charge >= 0.3 is 0 Å². The number of aromatic nitrogens is 2. The van der Waals surface area contributed by atoms with Crippen molar-refractivity contribution in [1.29, 1.82) is 0 Å². The van der Waals surface area contributed by atoms with Crippen molar-refractivity contribution >= 4 is 22.9 Å². The number of nitrogens with two attached hydrogens (primary N) is 4. The van der Waals surface area contributed by atoms with Gasteiger partial charge in [0, 0.05) is 6.20 Å². The molecule has 16 heavy (non-hydrogen) atoms. The highest BCUT2D eigenvalue weighted by atomic mass is 14.9. The van der Waals surface area contributed by atoms with Gasteiger partial charge in [0.05, 0.1) is 22.8 Å². The first-order chi connectivity index (χ1) is 7.59. The molecule has 8 N–H and O–H groups in total. The molecule has 0 saturated carbocycles. The van der Waals surface area contributed by atoms with Crippen LogP contribution in [-0.4, -0.2) is 9.97 Å². The number of pyridine rings is 2. The summed E-state index contributed by atoms with van der Waals surface area (Å²) in [6.07, 6.45) is 1.56. The molecule has 0 bridgehead atoms. The standard InChI is InChI=1S/C10H12N6/c11-5-3-4-15-9(8(5)13)7-2-1-6(12)10(14)16-7/h1-4H,12-13H2,(H2,11,15)(H2,14,16). The molecule has 6 nitrogen and oxygen atoms in total. The lowest BCUT2D eigenvalue weighted by Crippen LogP contribution is -2.02. The molecular weight excluding hydrogens is 204 g/mol. The summed E-state index contributed by atoms with van der Waals surface area (Å²) in [5.74, 6) is 0.251. The molecule has 0 fully saturated rings. The van der Waals surface area contributed by atoms with Crippen LogP contribution in [0.15, 0.2) is 24.4 Å². The molecule has 0 aliphatic carbocycles. The van der Waals surface area contributed by atoms with E-state index in [4.69, 9.17) is 22.9 Å². The monoisotopic (exact) mass is 216 g/mol. The molecule has 2 aromatic rings. The molecule has 82 valence electrons. The Morgan fingerprint density at radius 1 is 0.875 bits per heavy atom. The molecule has 0 spiro atoms. The van der Waals surface area contributed by atoms with E-state index < -0.39 is 0 Å². The quantitative estimate of drug-likeness (QED) is 0.548. The van der Waals surface area contributed by atoms with Crippen LogP contribution in [0, 0.1) is 0 Å². The van der Waals surface area contributed by atoms with E-state index in [0.29, 0.717) is 28.5 Å². The van der Waals surface area contributed by atoms with Gasteiger partial charge in [-0.1, -0.05) is 0 Å². The summed E-state index contributed by atoms with van der Waals surface area (Å²) in [4.78, 5) is 8.22. The van der Waals surface area contributed by atoms with Crippen LogP contribution < -0.4 is 22.9 Å². The molecule has 0 aliphatic rings. The first-order valence-electron chi connectivity index (χ1n) is 4.62. The van der Waals surface area contributed by atoms with Crippen LogP contribution in [-0.2, 0) is 0 Å². The van der Waals surface area contributed by atoms with Crippen molar-refractivity contribution in [2.75, 3.05) is 22.9 Å². The number of hydrogen-bond acceptors (Lipinski definition) is 6. The second kappa shape index (κ2) is 3.58. The van der Waals surface area contributed by atoms with E-state index >= 15 is 0 Å². The van der Waals surface area contributed by atoms with E-state index in [1.165, 1.54) is 0 Å². The molecule has 0 saturated heterocycles. The fourth-order valence-electron chi connectivity index (χ4n) is 1.31. The largest absolute Gasteiger partial charge is 0.397 e. The third-order valence-electron chi connectivity index (χ3n) is 2.22. The van der Waals surface area contributed by atoms with E-state index in [0.717, 1.165) is 0 Å². The third-order valence-corrected chi connectivity index (χ3v) is 2.22. The maximum atomic E-state index is 5.80. The molecular formula is C10H12N6. The summed E-state index contributed by atoms with van der Waals surface area (Å²) in [6.45, 7) is 0. The van der Waals surface area contributed by atoms with Crippen LogP contribution in [0.5, 0.6) is 0 Å². The van der Waals surface area contributed by atoms with Crippen LogP contribution >= 0.6 is 0 Å². The van der Waals surface area contributed by atoms with E-state index in [1.54, 1.807) is 24.4 Å². The highest BCUT2D eigenvalue weighted by Crippen LogP contribution is 2.27. The summed E-state index contributed by atoms with van der Waals surface area (Å²) < 4.78 is 0. The maximum Gasteiger partial charge on any atom is 0.147 e. The summed E-state index contributed by atoms with van der Waals surface area (Å²) in [5, 5.41) is 0. The summed E-state index contributed by atoms with van der Waals surface area (Å²) in [7, 11) is 0. The van der Waals surface area contributed by atoms with Gasteiger partial charge in [0.25, 0.3) is 0 Å². The highest BCUT2D eigenvalue weighted by Gasteiger charge is 2.09. The van der Waals surface area contributed by atoms with E-state index in [9.17, 15) is 0 Å². The van der Waals surface area contributed by atoms with Crippen molar-refractivity contribution in [3.05, 3.63) is 24.4 Å². The predicted octanol–water partition coefficient (Wildman–Crippen LogP) is 0.472. The Labute approximate surface area is 92.3 Å². The van der Waals surface area contributed by atoms with Crippen LogP contribution in [0.2, 0.25) is 0 Å². The van der Waals surface area contributed by atoms with Crippen molar-refractivity contribution in [3.63, 3.8) is 0 Å². The van der Waals surface area contributed by atoms with Gasteiger partial charge in [-0.15, -0.1) is 0 Å². The number of anilines is 4. The van der Waals surface area contributed by atoms with Crippen molar-refractivity contribution in [1.82, 2.24) is 9.97 Å². The van der Waals surface area contributed by atoms with Crippen LogP contribution in [0.1, 0.15) is 0 Å². The minimum Gasteiger partial charge on any atom is -0.397 e. The number of nitrogen functional groups attached to an aromatic ring is 4. The lowest BCUT2D eigenvalue weighted by molar-refractivity contribution is 1.26. The Kier molecular flexibility index (Phi) is 2.24. The van der Waals surface area contributed by atoms with Gasteiger partial charge in [-0.05, 0) is 18.2 Å². The zero-order valence-electron chi connectivity index (χ0n) is 8.51. The minimum atomic E-state index is 0.251. The number of rotatable bonds is 1. The lowest BCUT2D eigenvalue weighted by Gasteiger charge is -2.07. The smallest absolute Gasteiger partial charge is 0.147 e. The van der Waals surface area contributed by atoms with E-state index in [1.807, 2.05) is 0 Å². The number of hydrogen-bond donors (Lipinski definition) is 4. The second-order valence-corrected chi connectivity index (χ2v) is 3.33. The van der Waals surface area contributed by atoms with Gasteiger partial charge in [0.1, 0.15) is 11.5 Å². The van der Waals surface area contributed by atoms with Crippen LogP contribution in [0.4, 0.5) is 22.9 Å². The molecule has 0 aromatic carbocycles. The van der Waals surface area contributed by atoms with E-state index in [-0.39, 0.29) is 5.82 Å². The normalized spacial score (nSPS) is 10.2. The van der Waals surface area contributed by atoms with Gasteiger partial charge in [0.15, 0.2) is 0 Å². The highest BCUT2D eigenvalue weighted by molar-refractivity contribution is 5.80. The minimum absolute atomic E-state index is 0.251. The summed E-state index contributed by atoms with van der Waals surface area (Å²) >= 11 is 0. The molecule has 0 atom stereocenters. The zero-order chi connectivity index (χ0) is 11.7. The predicted molar refractivity (Wildman–Crippen MR) is 65.1 cm³/mol. The molecule has 0 aliphatic heterocycles. The maximum absolute atomic E-state index is 5.80. The molecule has 2 rings (SSSR count). The Hall–Kier alpha value is -2.50. The van der Waals surface area contributed by atoms with Crippen molar-refractivity contribution in [2.45, 2.75) is 0 Å². The molecule has 2 heterocycles. The van der Waals surface area contributed by atoms with Gasteiger partial charge < -0.3 is 22.9 Å². The van der Waals surface area contributed by atoms with Crippen molar-refractivity contribution in [2.24, 2.45) is 0 Å². The van der Waals surface area contributed by atoms with Gasteiger partial charge in [0.2, 0.25) is 0 Å². The average molecular weight is 216 g/mol. The van der Waals surface area contributed by atoms with Crippen LogP contribution in [0.3, 0.4) is 0 Å². The van der Waals surface area contributed by atoms with Crippen molar-refractivity contribution in [3.8, 4) is 11.4 Å². The Morgan fingerprint density at radius 2 is 1.62 bits per heavy atom. The lowest BCUT2D eigenvalue weighted by atomic mass is 10.2. The van der Waals surface area contributed by atoms with Crippen molar-refractivity contribution < 1.29 is 0 Å². The molecule has 0 unspecified atom stereocenters. The molecule has 0 amide bonds. The first kappa shape index (κ1) is 10.0. The summed E-state index contributed by atoms with van der Waals surface area (Å²) in [5.41, 5.74) is 25.0. The molecule has 6 heteroatoms. The SMILES string of the molecule is Nc1ccc(-c2nccc(N)c2N)nc1N. The van der Waals surface area contributed by atoms with Gasteiger partial charge in [-0.25, -0.2) is 4.98 Å². The Bertz CT molecular complexity index is 537. The third kappa shape index (κ3) is 1.56. The van der Waals surface area contributed by atoms with Crippen LogP contribution in [0.25, 0.3) is 11.4 Å². The van der Waals surface area contributed by atoms with E-state index in [2.05, 4.69) is 9.97 Å². The number of nitrogens with zero attached hydrogens (tertiary/aromatic N) is 2. The Morgan fingerprint density at radius 3 is 2.31 bits per heavy atom. The molecule has 0 radical (unpaired) electrons. The zero-order valence-corrected chi connectivity index (χ0v) is 8.51. The second-order valence-electron chi connectivity index (χ2n) is 3.33. The topological polar surface area (TPSA) is 130 Å². The molecule has 2 aromatic heterocycles. The fraction of sp³-hybridized carbons (Fsp3) is 0. The van der Waals surface area contributed by atoms with Gasteiger partial charge in [-0.3, -0.25) is 4.98 Å². The summed E-state index contributed by atoms with van der Waals surface area (Å²) in [6, 6.07) is 4.98.